The van der Waals surface area contributed by atoms with E-state index >= 15 is 0 Å². The highest BCUT2D eigenvalue weighted by atomic mass is 32.1. The first-order valence-corrected chi connectivity index (χ1v) is 6.24. The molecule has 0 unspecified atom stereocenters. The minimum absolute atomic E-state index is 0.416. The molecule has 2 rings (SSSR count). The van der Waals surface area contributed by atoms with Crippen LogP contribution in [0.3, 0.4) is 0 Å². The van der Waals surface area contributed by atoms with E-state index in [2.05, 4.69) is 15.7 Å². The minimum atomic E-state index is 0.416. The Hall–Kier alpha value is -1.92. The van der Waals surface area contributed by atoms with Crippen molar-refractivity contribution >= 4 is 28.7 Å². The molecule has 0 saturated carbocycles. The van der Waals surface area contributed by atoms with Gasteiger partial charge in [-0.25, -0.2) is 4.68 Å². The van der Waals surface area contributed by atoms with Gasteiger partial charge >= 0.3 is 0 Å². The predicted molar refractivity (Wildman–Crippen MR) is 80.3 cm³/mol. The second-order valence-corrected chi connectivity index (χ2v) is 4.54. The molecule has 0 spiro atoms. The quantitative estimate of drug-likeness (QED) is 0.841. The van der Waals surface area contributed by atoms with E-state index in [0.717, 1.165) is 11.4 Å². The van der Waals surface area contributed by atoms with Crippen molar-refractivity contribution in [3.8, 4) is 0 Å². The highest BCUT2D eigenvalue weighted by Gasteiger charge is 2.01. The van der Waals surface area contributed by atoms with Gasteiger partial charge in [0.15, 0.2) is 5.11 Å². The summed E-state index contributed by atoms with van der Waals surface area (Å²) in [7, 11) is 1.62. The fourth-order valence-corrected chi connectivity index (χ4v) is 1.88. The first-order chi connectivity index (χ1) is 9.17. The van der Waals surface area contributed by atoms with Gasteiger partial charge in [0.25, 0.3) is 0 Å². The Kier molecular flexibility index (Phi) is 4.48. The zero-order chi connectivity index (χ0) is 13.7. The number of hydrogen-bond donors (Lipinski definition) is 2. The molecule has 0 saturated heterocycles. The Morgan fingerprint density at radius 1 is 1.37 bits per heavy atom. The fraction of sp³-hybridized carbons (Fsp3) is 0.231. The average Bonchev–Trinajstić information content (AvgIpc) is 2.77. The van der Waals surface area contributed by atoms with Gasteiger partial charge in [-0.1, -0.05) is 12.1 Å². The third-order valence-electron chi connectivity index (χ3n) is 2.43. The predicted octanol–water partition coefficient (Wildman–Crippen LogP) is 2.60. The number of rotatable bonds is 4. The van der Waals surface area contributed by atoms with Gasteiger partial charge in [0, 0.05) is 12.8 Å². The van der Waals surface area contributed by atoms with Crippen LogP contribution in [0.15, 0.2) is 36.7 Å². The maximum Gasteiger partial charge on any atom is 0.175 e. The third-order valence-corrected chi connectivity index (χ3v) is 2.63. The largest absolute Gasteiger partial charge is 0.362 e. The molecule has 5 nitrogen and oxygen atoms in total. The number of thiocarbonyl (C=S) groups is 1. The van der Waals surface area contributed by atoms with Crippen LogP contribution in [0.5, 0.6) is 0 Å². The summed E-state index contributed by atoms with van der Waals surface area (Å²) in [6.45, 7) is 2.45. The van der Waals surface area contributed by atoms with Gasteiger partial charge in [-0.2, -0.15) is 5.10 Å². The molecule has 0 fully saturated rings. The van der Waals surface area contributed by atoms with E-state index < -0.39 is 0 Å². The van der Waals surface area contributed by atoms with E-state index in [-0.39, 0.29) is 0 Å². The molecule has 1 aromatic carbocycles. The molecule has 0 aliphatic heterocycles. The van der Waals surface area contributed by atoms with Crippen LogP contribution in [-0.4, -0.2) is 22.0 Å². The lowest BCUT2D eigenvalue weighted by molar-refractivity contribution is 0.120. The number of aryl methyl sites for hydroxylation is 1. The molecule has 1 aromatic heterocycles. The summed E-state index contributed by atoms with van der Waals surface area (Å²) in [4.78, 5) is 0. The molecular weight excluding hydrogens is 260 g/mol. The Morgan fingerprint density at radius 3 is 2.89 bits per heavy atom. The summed E-state index contributed by atoms with van der Waals surface area (Å²) in [6, 6.07) is 8.02. The molecule has 2 aromatic rings. The SMILES string of the molecule is COCn1cc(NC(=S)Nc2cccc(C)c2)cn1. The standard InChI is InChI=1S/C13H16N4OS/c1-10-4-3-5-11(6-10)15-13(19)16-12-7-14-17(8-12)9-18-2/h3-8H,9H2,1-2H3,(H2,15,16,19). The number of nitrogens with zero attached hydrogens (tertiary/aromatic N) is 2. The monoisotopic (exact) mass is 276 g/mol. The maximum absolute atomic E-state index is 5.24. The molecule has 0 aliphatic rings. The molecule has 0 bridgehead atoms. The Balaban J connectivity index is 1.93. The molecule has 19 heavy (non-hydrogen) atoms. The van der Waals surface area contributed by atoms with E-state index in [0.29, 0.717) is 11.8 Å². The van der Waals surface area contributed by atoms with E-state index in [9.17, 15) is 0 Å². The second kappa shape index (κ2) is 6.31. The van der Waals surface area contributed by atoms with Crippen molar-refractivity contribution in [3.63, 3.8) is 0 Å². The first-order valence-electron chi connectivity index (χ1n) is 5.83. The van der Waals surface area contributed by atoms with Gasteiger partial charge in [0.05, 0.1) is 18.1 Å². The van der Waals surface area contributed by atoms with Gasteiger partial charge in [0.1, 0.15) is 6.73 Å². The van der Waals surface area contributed by atoms with Gasteiger partial charge in [-0.3, -0.25) is 0 Å². The van der Waals surface area contributed by atoms with E-state index in [1.807, 2.05) is 37.4 Å². The molecular formula is C13H16N4OS. The van der Waals surface area contributed by atoms with Crippen LogP contribution in [0.25, 0.3) is 0 Å². The molecule has 2 N–H and O–H groups in total. The Bertz CT molecular complexity index is 567. The zero-order valence-electron chi connectivity index (χ0n) is 10.9. The smallest absolute Gasteiger partial charge is 0.175 e. The molecule has 0 aliphatic carbocycles. The Morgan fingerprint density at radius 2 is 2.16 bits per heavy atom. The number of benzene rings is 1. The summed E-state index contributed by atoms with van der Waals surface area (Å²) >= 11 is 5.24. The van der Waals surface area contributed by atoms with Crippen LogP contribution in [0.1, 0.15) is 5.56 Å². The van der Waals surface area contributed by atoms with Crippen molar-refractivity contribution in [1.82, 2.24) is 9.78 Å². The van der Waals surface area contributed by atoms with Crippen LogP contribution in [-0.2, 0) is 11.5 Å². The average molecular weight is 276 g/mol. The van der Waals surface area contributed by atoms with E-state index in [1.54, 1.807) is 18.0 Å². The van der Waals surface area contributed by atoms with Crippen molar-refractivity contribution in [3.05, 3.63) is 42.2 Å². The van der Waals surface area contributed by atoms with Crippen molar-refractivity contribution < 1.29 is 4.74 Å². The van der Waals surface area contributed by atoms with E-state index in [1.165, 1.54) is 5.56 Å². The Labute approximate surface area is 117 Å². The summed E-state index contributed by atoms with van der Waals surface area (Å²) in [6.07, 6.45) is 3.52. The number of ether oxygens (including phenoxy) is 1. The summed E-state index contributed by atoms with van der Waals surface area (Å²) in [5.74, 6) is 0. The van der Waals surface area contributed by atoms with Gasteiger partial charge < -0.3 is 15.4 Å². The van der Waals surface area contributed by atoms with Gasteiger partial charge in [-0.15, -0.1) is 0 Å². The van der Waals surface area contributed by atoms with Crippen molar-refractivity contribution in [2.45, 2.75) is 13.7 Å². The van der Waals surface area contributed by atoms with Gasteiger partial charge in [-0.05, 0) is 36.8 Å². The third kappa shape index (κ3) is 4.04. The van der Waals surface area contributed by atoms with Crippen LogP contribution in [0.4, 0.5) is 11.4 Å². The first kappa shape index (κ1) is 13.5. The molecule has 6 heteroatoms. The van der Waals surface area contributed by atoms with Crippen molar-refractivity contribution in [2.75, 3.05) is 17.7 Å². The highest BCUT2D eigenvalue weighted by molar-refractivity contribution is 7.80. The van der Waals surface area contributed by atoms with E-state index in [4.69, 9.17) is 17.0 Å². The zero-order valence-corrected chi connectivity index (χ0v) is 11.7. The molecule has 100 valence electrons. The number of aromatic nitrogens is 2. The molecule has 0 amide bonds. The van der Waals surface area contributed by atoms with Crippen LogP contribution in [0.2, 0.25) is 0 Å². The lowest BCUT2D eigenvalue weighted by Crippen LogP contribution is -2.18. The minimum Gasteiger partial charge on any atom is -0.362 e. The second-order valence-electron chi connectivity index (χ2n) is 4.13. The van der Waals surface area contributed by atoms with Crippen molar-refractivity contribution in [1.29, 1.82) is 0 Å². The lowest BCUT2D eigenvalue weighted by atomic mass is 10.2. The summed E-state index contributed by atoms with van der Waals surface area (Å²) in [5, 5.41) is 10.8. The fourth-order valence-electron chi connectivity index (χ4n) is 1.65. The number of anilines is 2. The molecule has 0 radical (unpaired) electrons. The van der Waals surface area contributed by atoms with Gasteiger partial charge in [0.2, 0.25) is 0 Å². The molecule has 0 atom stereocenters. The number of nitrogens with one attached hydrogen (secondary N) is 2. The number of methoxy groups -OCH3 is 1. The summed E-state index contributed by atoms with van der Waals surface area (Å²) in [5.41, 5.74) is 2.96. The van der Waals surface area contributed by atoms with Crippen LogP contribution < -0.4 is 10.6 Å². The van der Waals surface area contributed by atoms with Crippen LogP contribution in [0, 0.1) is 6.92 Å². The topological polar surface area (TPSA) is 51.1 Å². The summed E-state index contributed by atoms with van der Waals surface area (Å²) < 4.78 is 6.66. The normalized spacial score (nSPS) is 10.2. The maximum atomic E-state index is 5.24. The highest BCUT2D eigenvalue weighted by Crippen LogP contribution is 2.11. The van der Waals surface area contributed by atoms with Crippen LogP contribution >= 0.6 is 12.2 Å². The lowest BCUT2D eigenvalue weighted by Gasteiger charge is -2.09. The molecule has 1 heterocycles. The number of hydrogen-bond acceptors (Lipinski definition) is 3. The van der Waals surface area contributed by atoms with Crippen molar-refractivity contribution in [2.24, 2.45) is 0 Å².